The van der Waals surface area contributed by atoms with Crippen LogP contribution in [0.1, 0.15) is 0 Å². The highest BCUT2D eigenvalue weighted by Crippen LogP contribution is 2.05. The van der Waals surface area contributed by atoms with Gasteiger partial charge in [-0.1, -0.05) is 36.0 Å². The molecule has 0 unspecified atom stereocenters. The summed E-state index contributed by atoms with van der Waals surface area (Å²) in [5.74, 6) is 0. The molecule has 1 rings (SSSR count). The van der Waals surface area contributed by atoms with Gasteiger partial charge >= 0.3 is 8.80 Å². The summed E-state index contributed by atoms with van der Waals surface area (Å²) in [6.07, 6.45) is 0. The lowest BCUT2D eigenvalue weighted by molar-refractivity contribution is 0.140. The summed E-state index contributed by atoms with van der Waals surface area (Å²) in [4.78, 5) is 0. The van der Waals surface area contributed by atoms with Crippen LogP contribution in [-0.4, -0.2) is 60.4 Å². The summed E-state index contributed by atoms with van der Waals surface area (Å²) >= 11 is 0. The second kappa shape index (κ2) is 12.4. The Balaban J connectivity index is 0.000000441. The van der Waals surface area contributed by atoms with Gasteiger partial charge in [-0.15, -0.1) is 6.58 Å². The Hall–Kier alpha value is -0.372. The van der Waals surface area contributed by atoms with E-state index in [1.165, 1.54) is 0 Å². The van der Waals surface area contributed by atoms with E-state index >= 15 is 0 Å². The minimum absolute atomic E-state index is 0.366. The third-order valence-electron chi connectivity index (χ3n) is 2.37. The van der Waals surface area contributed by atoms with E-state index in [9.17, 15) is 0 Å². The van der Waals surface area contributed by atoms with Crippen molar-refractivity contribution < 1.29 is 21.5 Å². The van der Waals surface area contributed by atoms with Crippen LogP contribution in [0.4, 0.5) is 0 Å². The van der Waals surface area contributed by atoms with Crippen molar-refractivity contribution in [1.29, 1.82) is 0 Å². The van der Waals surface area contributed by atoms with E-state index in [-0.39, 0.29) is 9.76 Å². The monoisotopic (exact) mass is 348 g/mol. The van der Waals surface area contributed by atoms with E-state index in [0.717, 1.165) is 15.7 Å². The molecule has 0 bridgehead atoms. The Morgan fingerprint density at radius 1 is 1.10 bits per heavy atom. The largest absolute Gasteiger partial charge is 0.536 e. The van der Waals surface area contributed by atoms with E-state index in [4.69, 9.17) is 21.5 Å². The van der Waals surface area contributed by atoms with Crippen molar-refractivity contribution in [3.05, 3.63) is 42.6 Å². The maximum absolute atomic E-state index is 5.32. The highest BCUT2D eigenvalue weighted by atomic mass is 28.4. The van der Waals surface area contributed by atoms with Crippen LogP contribution in [0.15, 0.2) is 42.6 Å². The Bertz CT molecular complexity index is 340. The van der Waals surface area contributed by atoms with Gasteiger partial charge in [0.05, 0.1) is 0 Å². The predicted octanol–water partition coefficient (Wildman–Crippen LogP) is -1.70. The Morgan fingerprint density at radius 2 is 1.65 bits per heavy atom. The van der Waals surface area contributed by atoms with E-state index < -0.39 is 18.8 Å². The molecule has 0 aliphatic carbocycles. The molecule has 1 aromatic rings. The third-order valence-corrected chi connectivity index (χ3v) is 7.81. The van der Waals surface area contributed by atoms with Crippen LogP contribution in [-0.2, 0) is 21.5 Å². The molecule has 0 aromatic heterocycles. The van der Waals surface area contributed by atoms with Gasteiger partial charge in [0.25, 0.3) is 10.0 Å². The van der Waals surface area contributed by atoms with Gasteiger partial charge in [-0.2, -0.15) is 0 Å². The zero-order valence-electron chi connectivity index (χ0n) is 12.6. The molecule has 0 saturated heterocycles. The van der Waals surface area contributed by atoms with Crippen molar-refractivity contribution >= 4 is 44.2 Å². The van der Waals surface area contributed by atoms with Crippen molar-refractivity contribution in [2.24, 2.45) is 0 Å². The van der Waals surface area contributed by atoms with Crippen molar-refractivity contribution in [2.45, 2.75) is 0 Å². The standard InChI is InChI=1S/C9H14O3Si.C2H10O2Si3/c1-10-13(11-2,12-3)9-7-5-4-6-8-9;1-2-6-4-7-3-5/h4-8H,1-3H3;2H,1,6-7H2,5H3. The normalized spacial score (nSPS) is 11.9. The lowest BCUT2D eigenvalue weighted by Gasteiger charge is -2.24. The van der Waals surface area contributed by atoms with Gasteiger partial charge in [0.15, 0.2) is 9.76 Å². The summed E-state index contributed by atoms with van der Waals surface area (Å²) in [6, 6.07) is 9.72. The van der Waals surface area contributed by atoms with E-state index in [1.807, 2.05) is 36.0 Å². The minimum Gasteiger partial charge on any atom is -0.449 e. The molecule has 0 saturated carbocycles. The Labute approximate surface area is 130 Å². The first kappa shape index (κ1) is 19.6. The second-order valence-corrected chi connectivity index (χ2v) is 11.6. The Morgan fingerprint density at radius 3 is 2.05 bits per heavy atom. The molecule has 0 spiro atoms. The fourth-order valence-corrected chi connectivity index (χ4v) is 6.49. The molecular formula is C11H24O5Si4. The van der Waals surface area contributed by atoms with Gasteiger partial charge in [0, 0.05) is 26.5 Å². The van der Waals surface area contributed by atoms with Gasteiger partial charge in [-0.05, 0) is 0 Å². The third kappa shape index (κ3) is 6.87. The quantitative estimate of drug-likeness (QED) is 0.414. The second-order valence-electron chi connectivity index (χ2n) is 3.60. The summed E-state index contributed by atoms with van der Waals surface area (Å²) in [7, 11) is 2.14. The molecule has 0 fully saturated rings. The van der Waals surface area contributed by atoms with Crippen LogP contribution < -0.4 is 5.19 Å². The van der Waals surface area contributed by atoms with E-state index in [2.05, 4.69) is 6.58 Å². The van der Waals surface area contributed by atoms with Gasteiger partial charge in [0.1, 0.15) is 10.5 Å². The molecule has 0 atom stereocenters. The molecule has 0 amide bonds. The molecule has 0 radical (unpaired) electrons. The van der Waals surface area contributed by atoms with Crippen LogP contribution >= 0.6 is 0 Å². The first-order chi connectivity index (χ1) is 9.70. The van der Waals surface area contributed by atoms with E-state index in [0.29, 0.717) is 0 Å². The molecule has 5 nitrogen and oxygen atoms in total. The van der Waals surface area contributed by atoms with Crippen molar-refractivity contribution in [3.63, 3.8) is 0 Å². The number of hydrogen-bond acceptors (Lipinski definition) is 5. The summed E-state index contributed by atoms with van der Waals surface area (Å²) in [6.45, 7) is 3.55. The first-order valence-electron chi connectivity index (χ1n) is 6.09. The highest BCUT2D eigenvalue weighted by molar-refractivity contribution is 6.75. The molecule has 0 aliphatic rings. The number of rotatable bonds is 8. The fourth-order valence-electron chi connectivity index (χ4n) is 1.46. The number of hydrogen-bond donors (Lipinski definition) is 0. The average Bonchev–Trinajstić information content (AvgIpc) is 2.52. The smallest absolute Gasteiger partial charge is 0.449 e. The fraction of sp³-hybridized carbons (Fsp3) is 0.273. The average molecular weight is 349 g/mol. The van der Waals surface area contributed by atoms with Crippen LogP contribution in [0.25, 0.3) is 0 Å². The molecule has 0 heterocycles. The molecule has 1 aromatic carbocycles. The lowest BCUT2D eigenvalue weighted by atomic mass is 10.4. The molecule has 0 aliphatic heterocycles. The SMILES string of the molecule is C=C[SiH2]O[SiH2]O[SiH3].CO[Si](OC)(OC)c1ccccc1. The minimum atomic E-state index is -2.59. The molecule has 20 heavy (non-hydrogen) atoms. The molecule has 114 valence electrons. The van der Waals surface area contributed by atoms with Crippen molar-refractivity contribution in [3.8, 4) is 0 Å². The first-order valence-corrected chi connectivity index (χ1v) is 11.2. The van der Waals surface area contributed by atoms with Gasteiger partial charge in [-0.3, -0.25) is 0 Å². The van der Waals surface area contributed by atoms with Crippen LogP contribution in [0, 0.1) is 0 Å². The van der Waals surface area contributed by atoms with Crippen LogP contribution in [0.5, 0.6) is 0 Å². The Kier molecular flexibility index (Phi) is 12.1. The summed E-state index contributed by atoms with van der Waals surface area (Å²) in [5.41, 5.74) is 1.87. The topological polar surface area (TPSA) is 46.2 Å². The van der Waals surface area contributed by atoms with Gasteiger partial charge < -0.3 is 21.5 Å². The molecular weight excluding hydrogens is 324 g/mol. The van der Waals surface area contributed by atoms with E-state index in [1.54, 1.807) is 21.3 Å². The summed E-state index contributed by atoms with van der Waals surface area (Å²) in [5, 5.41) is 0.975. The predicted molar refractivity (Wildman–Crippen MR) is 92.3 cm³/mol. The number of benzene rings is 1. The lowest BCUT2D eigenvalue weighted by Crippen LogP contribution is -2.54. The highest BCUT2D eigenvalue weighted by Gasteiger charge is 2.40. The maximum atomic E-state index is 5.32. The molecule has 9 heteroatoms. The zero-order valence-corrected chi connectivity index (χ0v) is 18.5. The van der Waals surface area contributed by atoms with Crippen molar-refractivity contribution in [2.75, 3.05) is 21.3 Å². The summed E-state index contributed by atoms with van der Waals surface area (Å²) < 4.78 is 25.9. The van der Waals surface area contributed by atoms with Crippen LogP contribution in [0.3, 0.4) is 0 Å². The van der Waals surface area contributed by atoms with Crippen molar-refractivity contribution in [1.82, 2.24) is 0 Å². The maximum Gasteiger partial charge on any atom is 0.536 e. The molecule has 0 N–H and O–H groups in total. The zero-order chi connectivity index (χ0) is 15.3. The van der Waals surface area contributed by atoms with Crippen LogP contribution in [0.2, 0.25) is 0 Å². The van der Waals surface area contributed by atoms with Gasteiger partial charge in [0.2, 0.25) is 0 Å². The van der Waals surface area contributed by atoms with Gasteiger partial charge in [-0.25, -0.2) is 0 Å².